The first kappa shape index (κ1) is 12.7. The molecule has 2 aromatic carbocycles. The van der Waals surface area contributed by atoms with Gasteiger partial charge in [0.15, 0.2) is 0 Å². The molecule has 2 rings (SSSR count). The van der Waals surface area contributed by atoms with Crippen LogP contribution in [0, 0.1) is 11.3 Å². The number of nitriles is 1. The Kier molecular flexibility index (Phi) is 4.04. The second-order valence-electron chi connectivity index (χ2n) is 3.73. The van der Waals surface area contributed by atoms with Gasteiger partial charge in [0.2, 0.25) is 0 Å². The number of rotatable bonds is 2. The molecule has 0 radical (unpaired) electrons. The average Bonchev–Trinajstić information content (AvgIpc) is 2.39. The van der Waals surface area contributed by atoms with Crippen molar-refractivity contribution in [1.29, 1.82) is 5.26 Å². The van der Waals surface area contributed by atoms with Gasteiger partial charge in [-0.3, -0.25) is 0 Å². The molecule has 3 heteroatoms. The van der Waals surface area contributed by atoms with E-state index in [0.29, 0.717) is 15.6 Å². The summed E-state index contributed by atoms with van der Waals surface area (Å²) in [6.45, 7) is 0. The number of benzene rings is 2. The summed E-state index contributed by atoms with van der Waals surface area (Å²) in [5.41, 5.74) is 2.37. The first-order chi connectivity index (χ1) is 8.69. The van der Waals surface area contributed by atoms with E-state index in [2.05, 4.69) is 6.07 Å². The first-order valence-electron chi connectivity index (χ1n) is 5.32. The molecular formula is C15H9Cl2N. The molecular weight excluding hydrogens is 265 g/mol. The molecule has 0 atom stereocenters. The third-order valence-electron chi connectivity index (χ3n) is 2.46. The van der Waals surface area contributed by atoms with E-state index in [1.807, 2.05) is 30.3 Å². The lowest BCUT2D eigenvalue weighted by Crippen LogP contribution is -1.81. The highest BCUT2D eigenvalue weighted by Gasteiger charge is 2.01. The van der Waals surface area contributed by atoms with Crippen LogP contribution >= 0.6 is 23.2 Å². The Hall–Kier alpha value is -1.75. The maximum Gasteiger partial charge on any atom is 0.0998 e. The summed E-state index contributed by atoms with van der Waals surface area (Å²) in [4.78, 5) is 0. The predicted octanol–water partition coefficient (Wildman–Crippen LogP) is 5.06. The summed E-state index contributed by atoms with van der Waals surface area (Å²) in [7, 11) is 0. The van der Waals surface area contributed by atoms with Crippen molar-refractivity contribution in [2.75, 3.05) is 0 Å². The van der Waals surface area contributed by atoms with E-state index in [4.69, 9.17) is 23.2 Å². The van der Waals surface area contributed by atoms with Crippen molar-refractivity contribution in [3.8, 4) is 6.07 Å². The second kappa shape index (κ2) is 5.73. The molecule has 0 aromatic heterocycles. The first-order valence-corrected chi connectivity index (χ1v) is 6.08. The number of nitrogens with zero attached hydrogens (tertiary/aromatic N) is 1. The van der Waals surface area contributed by atoms with Gasteiger partial charge in [-0.15, -0.1) is 0 Å². The van der Waals surface area contributed by atoms with Crippen LogP contribution < -0.4 is 0 Å². The van der Waals surface area contributed by atoms with Crippen LogP contribution in [0.3, 0.4) is 0 Å². The van der Waals surface area contributed by atoms with Crippen LogP contribution in [0.1, 0.15) is 11.1 Å². The minimum absolute atomic E-state index is 0.592. The van der Waals surface area contributed by atoms with Crippen molar-refractivity contribution in [2.24, 2.45) is 0 Å². The average molecular weight is 274 g/mol. The Morgan fingerprint density at radius 3 is 1.89 bits per heavy atom. The van der Waals surface area contributed by atoms with E-state index < -0.39 is 0 Å². The fourth-order valence-corrected chi connectivity index (χ4v) is 1.79. The van der Waals surface area contributed by atoms with Crippen LogP contribution in [0.25, 0.3) is 11.6 Å². The molecule has 0 heterocycles. The van der Waals surface area contributed by atoms with Crippen LogP contribution in [-0.2, 0) is 0 Å². The molecule has 0 spiro atoms. The minimum Gasteiger partial charge on any atom is -0.192 e. The number of hydrogen-bond donors (Lipinski definition) is 0. The van der Waals surface area contributed by atoms with Gasteiger partial charge in [0, 0.05) is 10.0 Å². The zero-order valence-corrected chi connectivity index (χ0v) is 10.9. The molecule has 0 bridgehead atoms. The van der Waals surface area contributed by atoms with Gasteiger partial charge in [0.1, 0.15) is 0 Å². The van der Waals surface area contributed by atoms with Crippen LogP contribution in [0.2, 0.25) is 10.0 Å². The molecule has 2 aromatic rings. The lowest BCUT2D eigenvalue weighted by Gasteiger charge is -2.00. The summed E-state index contributed by atoms with van der Waals surface area (Å²) >= 11 is 11.6. The molecule has 1 nitrogen and oxygen atoms in total. The third kappa shape index (κ3) is 3.13. The molecule has 0 saturated carbocycles. The Morgan fingerprint density at radius 1 is 0.889 bits per heavy atom. The smallest absolute Gasteiger partial charge is 0.0998 e. The maximum absolute atomic E-state index is 9.19. The van der Waals surface area contributed by atoms with Crippen molar-refractivity contribution in [2.45, 2.75) is 0 Å². The van der Waals surface area contributed by atoms with Crippen LogP contribution in [-0.4, -0.2) is 0 Å². The number of hydrogen-bond acceptors (Lipinski definition) is 1. The Bertz CT molecular complexity index is 604. The van der Waals surface area contributed by atoms with Crippen LogP contribution in [0.4, 0.5) is 0 Å². The van der Waals surface area contributed by atoms with E-state index in [9.17, 15) is 5.26 Å². The molecule has 0 N–H and O–H groups in total. The molecule has 0 aliphatic carbocycles. The number of halogens is 2. The van der Waals surface area contributed by atoms with Gasteiger partial charge < -0.3 is 0 Å². The van der Waals surface area contributed by atoms with E-state index in [0.717, 1.165) is 11.1 Å². The summed E-state index contributed by atoms with van der Waals surface area (Å²) in [6, 6.07) is 16.7. The van der Waals surface area contributed by atoms with Gasteiger partial charge in [0.05, 0.1) is 11.6 Å². The lowest BCUT2D eigenvalue weighted by atomic mass is 10.0. The van der Waals surface area contributed by atoms with E-state index in [1.54, 1.807) is 24.3 Å². The maximum atomic E-state index is 9.19. The van der Waals surface area contributed by atoms with Gasteiger partial charge >= 0.3 is 0 Å². The summed E-state index contributed by atoms with van der Waals surface area (Å²) in [5.74, 6) is 0. The topological polar surface area (TPSA) is 23.8 Å². The molecule has 0 aliphatic rings. The Balaban J connectivity index is 2.37. The second-order valence-corrected chi connectivity index (χ2v) is 4.60. The van der Waals surface area contributed by atoms with Gasteiger partial charge in [0.25, 0.3) is 0 Å². The van der Waals surface area contributed by atoms with Gasteiger partial charge in [-0.1, -0.05) is 47.5 Å². The minimum atomic E-state index is 0.592. The highest BCUT2D eigenvalue weighted by molar-refractivity contribution is 6.30. The largest absolute Gasteiger partial charge is 0.192 e. The van der Waals surface area contributed by atoms with Crippen LogP contribution in [0.15, 0.2) is 48.5 Å². The van der Waals surface area contributed by atoms with Crippen molar-refractivity contribution in [3.05, 3.63) is 69.7 Å². The fourth-order valence-electron chi connectivity index (χ4n) is 1.54. The highest BCUT2D eigenvalue weighted by Crippen LogP contribution is 2.20. The van der Waals surface area contributed by atoms with E-state index >= 15 is 0 Å². The third-order valence-corrected chi connectivity index (χ3v) is 2.96. The lowest BCUT2D eigenvalue weighted by molar-refractivity contribution is 1.52. The van der Waals surface area contributed by atoms with E-state index in [1.165, 1.54) is 0 Å². The summed E-state index contributed by atoms with van der Waals surface area (Å²) in [5, 5.41) is 10.5. The molecule has 0 fully saturated rings. The fraction of sp³-hybridized carbons (Fsp3) is 0. The van der Waals surface area contributed by atoms with Crippen molar-refractivity contribution < 1.29 is 0 Å². The van der Waals surface area contributed by atoms with Crippen molar-refractivity contribution >= 4 is 34.9 Å². The normalized spacial score (nSPS) is 11.1. The van der Waals surface area contributed by atoms with Crippen molar-refractivity contribution in [3.63, 3.8) is 0 Å². The molecule has 0 saturated heterocycles. The molecule has 0 aliphatic heterocycles. The van der Waals surface area contributed by atoms with Crippen molar-refractivity contribution in [1.82, 2.24) is 0 Å². The van der Waals surface area contributed by atoms with Crippen LogP contribution in [0.5, 0.6) is 0 Å². The van der Waals surface area contributed by atoms with E-state index in [-0.39, 0.29) is 0 Å². The highest BCUT2D eigenvalue weighted by atomic mass is 35.5. The Labute approximate surface area is 116 Å². The van der Waals surface area contributed by atoms with Gasteiger partial charge in [-0.05, 0) is 41.5 Å². The zero-order valence-electron chi connectivity index (χ0n) is 9.40. The molecule has 0 unspecified atom stereocenters. The van der Waals surface area contributed by atoms with Gasteiger partial charge in [-0.2, -0.15) is 5.26 Å². The standard InChI is InChI=1S/C15H9Cl2N/c16-14-5-1-11(2-6-14)9-13(10-18)12-3-7-15(17)8-4-12/h1-9H/b13-9+. The summed E-state index contributed by atoms with van der Waals surface area (Å²) < 4.78 is 0. The zero-order chi connectivity index (χ0) is 13.0. The SMILES string of the molecule is N#C/C(=C\c1ccc(Cl)cc1)c1ccc(Cl)cc1. The number of allylic oxidation sites excluding steroid dienone is 1. The predicted molar refractivity (Wildman–Crippen MR) is 76.4 cm³/mol. The van der Waals surface area contributed by atoms with Gasteiger partial charge in [-0.25, -0.2) is 0 Å². The summed E-state index contributed by atoms with van der Waals surface area (Å²) in [6.07, 6.45) is 1.82. The monoisotopic (exact) mass is 273 g/mol. The molecule has 18 heavy (non-hydrogen) atoms. The quantitative estimate of drug-likeness (QED) is 0.554. The molecule has 0 amide bonds. The molecule has 88 valence electrons. The Morgan fingerprint density at radius 2 is 1.39 bits per heavy atom.